The van der Waals surface area contributed by atoms with Gasteiger partial charge in [0.25, 0.3) is 0 Å². The van der Waals surface area contributed by atoms with Gasteiger partial charge in [0.05, 0.1) is 0 Å². The highest BCUT2D eigenvalue weighted by Gasteiger charge is 2.23. The lowest BCUT2D eigenvalue weighted by Gasteiger charge is -2.23. The molecular formula is C12H18O. The highest BCUT2D eigenvalue weighted by atomic mass is 16.1. The van der Waals surface area contributed by atoms with E-state index in [-0.39, 0.29) is 0 Å². The molecule has 0 aromatic rings. The Kier molecular flexibility index (Phi) is 2.82. The molecule has 0 aromatic carbocycles. The first-order valence-electron chi connectivity index (χ1n) is 5.59. The third-order valence-electron chi connectivity index (χ3n) is 3.35. The van der Waals surface area contributed by atoms with Crippen molar-refractivity contribution in [3.8, 4) is 0 Å². The topological polar surface area (TPSA) is 17.1 Å². The van der Waals surface area contributed by atoms with Crippen molar-refractivity contribution in [3.63, 3.8) is 0 Å². The summed E-state index contributed by atoms with van der Waals surface area (Å²) in [7, 11) is 0. The molecule has 2 saturated carbocycles. The van der Waals surface area contributed by atoms with E-state index in [2.05, 4.69) is 0 Å². The fourth-order valence-corrected chi connectivity index (χ4v) is 2.16. The summed E-state index contributed by atoms with van der Waals surface area (Å²) in [5.74, 6) is 0.817. The van der Waals surface area contributed by atoms with Crippen molar-refractivity contribution in [1.29, 1.82) is 0 Å². The van der Waals surface area contributed by atoms with Crippen LogP contribution in [0.25, 0.3) is 0 Å². The average Bonchev–Trinajstić information content (AvgIpc) is 2.02. The number of ketones is 1. The zero-order chi connectivity index (χ0) is 9.10. The van der Waals surface area contributed by atoms with E-state index in [1.54, 1.807) is 0 Å². The molecule has 2 aliphatic carbocycles. The van der Waals surface area contributed by atoms with E-state index in [0.717, 1.165) is 12.8 Å². The Morgan fingerprint density at radius 3 is 2.31 bits per heavy atom. The molecule has 72 valence electrons. The van der Waals surface area contributed by atoms with Gasteiger partial charge in [-0.1, -0.05) is 18.4 Å². The molecule has 0 aromatic heterocycles. The predicted octanol–water partition coefficient (Wildman–Crippen LogP) is 3.25. The Morgan fingerprint density at radius 2 is 1.77 bits per heavy atom. The largest absolute Gasteiger partial charge is 0.295 e. The summed E-state index contributed by atoms with van der Waals surface area (Å²) in [5.41, 5.74) is 1.42. The van der Waals surface area contributed by atoms with Gasteiger partial charge in [-0.15, -0.1) is 0 Å². The van der Waals surface area contributed by atoms with Crippen molar-refractivity contribution in [2.24, 2.45) is 5.92 Å². The fraction of sp³-hybridized carbons (Fsp3) is 0.750. The molecule has 0 aliphatic heterocycles. The Bertz CT molecular complexity index is 215. The second-order valence-electron chi connectivity index (χ2n) is 4.39. The summed E-state index contributed by atoms with van der Waals surface area (Å²) in [4.78, 5) is 11.6. The zero-order valence-corrected chi connectivity index (χ0v) is 8.22. The molecule has 2 aliphatic rings. The van der Waals surface area contributed by atoms with Crippen LogP contribution in [0, 0.1) is 5.92 Å². The first kappa shape index (κ1) is 8.98. The number of allylic oxidation sites excluding steroid dienone is 2. The van der Waals surface area contributed by atoms with Gasteiger partial charge in [-0.25, -0.2) is 0 Å². The molecule has 0 N–H and O–H groups in total. The maximum atomic E-state index is 11.6. The molecule has 2 rings (SSSR count). The van der Waals surface area contributed by atoms with Crippen LogP contribution < -0.4 is 0 Å². The number of hydrogen-bond acceptors (Lipinski definition) is 1. The normalized spacial score (nSPS) is 23.8. The molecule has 13 heavy (non-hydrogen) atoms. The van der Waals surface area contributed by atoms with Crippen LogP contribution in [0.3, 0.4) is 0 Å². The highest BCUT2D eigenvalue weighted by Crippen LogP contribution is 2.29. The molecule has 2 fully saturated rings. The first-order valence-corrected chi connectivity index (χ1v) is 5.59. The summed E-state index contributed by atoms with van der Waals surface area (Å²) in [6.07, 6.45) is 11.8. The molecule has 1 heteroatoms. The van der Waals surface area contributed by atoms with Gasteiger partial charge < -0.3 is 0 Å². The van der Waals surface area contributed by atoms with Crippen molar-refractivity contribution in [1.82, 2.24) is 0 Å². The molecule has 1 nitrogen and oxygen atoms in total. The lowest BCUT2D eigenvalue weighted by atomic mass is 9.81. The van der Waals surface area contributed by atoms with Gasteiger partial charge >= 0.3 is 0 Å². The van der Waals surface area contributed by atoms with Gasteiger partial charge in [-0.05, 0) is 44.6 Å². The zero-order valence-electron chi connectivity index (χ0n) is 8.22. The van der Waals surface area contributed by atoms with E-state index in [4.69, 9.17) is 0 Å². The molecular weight excluding hydrogens is 160 g/mol. The second kappa shape index (κ2) is 4.08. The van der Waals surface area contributed by atoms with Crippen molar-refractivity contribution >= 4 is 5.78 Å². The van der Waals surface area contributed by atoms with E-state index in [1.807, 2.05) is 6.08 Å². The van der Waals surface area contributed by atoms with Crippen LogP contribution in [0.5, 0.6) is 0 Å². The monoisotopic (exact) mass is 178 g/mol. The molecule has 0 amide bonds. The van der Waals surface area contributed by atoms with Crippen LogP contribution in [-0.4, -0.2) is 5.78 Å². The maximum Gasteiger partial charge on any atom is 0.158 e. The highest BCUT2D eigenvalue weighted by molar-refractivity contribution is 5.92. The third-order valence-corrected chi connectivity index (χ3v) is 3.35. The minimum Gasteiger partial charge on any atom is -0.295 e. The van der Waals surface area contributed by atoms with Crippen LogP contribution in [0.15, 0.2) is 11.6 Å². The van der Waals surface area contributed by atoms with Crippen LogP contribution in [0.1, 0.15) is 51.4 Å². The van der Waals surface area contributed by atoms with E-state index < -0.39 is 0 Å². The smallest absolute Gasteiger partial charge is 0.158 e. The second-order valence-corrected chi connectivity index (χ2v) is 4.39. The van der Waals surface area contributed by atoms with Gasteiger partial charge in [0.15, 0.2) is 5.78 Å². The predicted molar refractivity (Wildman–Crippen MR) is 53.5 cm³/mol. The lowest BCUT2D eigenvalue weighted by Crippen LogP contribution is -2.20. The standard InChI is InChI=1S/C12H18O/c13-12(11-7-4-8-11)9-10-5-2-1-3-6-10/h9,11H,1-8H2. The molecule has 0 saturated heterocycles. The third kappa shape index (κ3) is 2.20. The molecule has 0 bridgehead atoms. The van der Waals surface area contributed by atoms with Gasteiger partial charge in [-0.2, -0.15) is 0 Å². The molecule has 0 spiro atoms. The van der Waals surface area contributed by atoms with E-state index in [0.29, 0.717) is 11.7 Å². The Balaban J connectivity index is 1.88. The van der Waals surface area contributed by atoms with Crippen LogP contribution in [0.4, 0.5) is 0 Å². The summed E-state index contributed by atoms with van der Waals surface area (Å²) >= 11 is 0. The van der Waals surface area contributed by atoms with Crippen LogP contribution in [-0.2, 0) is 4.79 Å². The van der Waals surface area contributed by atoms with Crippen molar-refractivity contribution in [3.05, 3.63) is 11.6 Å². The van der Waals surface area contributed by atoms with Gasteiger partial charge in [-0.3, -0.25) is 4.79 Å². The quantitative estimate of drug-likeness (QED) is 0.593. The fourth-order valence-electron chi connectivity index (χ4n) is 2.16. The van der Waals surface area contributed by atoms with Crippen molar-refractivity contribution in [2.75, 3.05) is 0 Å². The minimum atomic E-state index is 0.398. The Morgan fingerprint density at radius 1 is 1.08 bits per heavy atom. The lowest BCUT2D eigenvalue weighted by molar-refractivity contribution is -0.120. The molecule has 0 atom stereocenters. The molecule has 0 heterocycles. The van der Waals surface area contributed by atoms with Crippen molar-refractivity contribution < 1.29 is 4.79 Å². The SMILES string of the molecule is O=C(C=C1CCCCC1)C1CCC1. The first-order chi connectivity index (χ1) is 6.36. The molecule has 0 radical (unpaired) electrons. The average molecular weight is 178 g/mol. The van der Waals surface area contributed by atoms with Crippen LogP contribution in [0.2, 0.25) is 0 Å². The van der Waals surface area contributed by atoms with E-state index >= 15 is 0 Å². The number of carbonyl (C=O) groups is 1. The summed E-state index contributed by atoms with van der Waals surface area (Å²) < 4.78 is 0. The van der Waals surface area contributed by atoms with Crippen molar-refractivity contribution in [2.45, 2.75) is 51.4 Å². The Hall–Kier alpha value is -0.590. The summed E-state index contributed by atoms with van der Waals surface area (Å²) in [6, 6.07) is 0. The molecule has 0 unspecified atom stereocenters. The number of carbonyl (C=O) groups excluding carboxylic acids is 1. The number of rotatable bonds is 2. The van der Waals surface area contributed by atoms with E-state index in [1.165, 1.54) is 44.1 Å². The maximum absolute atomic E-state index is 11.6. The Labute approximate surface area is 80.2 Å². The van der Waals surface area contributed by atoms with Gasteiger partial charge in [0.2, 0.25) is 0 Å². The van der Waals surface area contributed by atoms with Gasteiger partial charge in [0.1, 0.15) is 0 Å². The summed E-state index contributed by atoms with van der Waals surface area (Å²) in [5, 5.41) is 0. The number of hydrogen-bond donors (Lipinski definition) is 0. The van der Waals surface area contributed by atoms with Crippen LogP contribution >= 0.6 is 0 Å². The summed E-state index contributed by atoms with van der Waals surface area (Å²) in [6.45, 7) is 0. The van der Waals surface area contributed by atoms with Gasteiger partial charge in [0, 0.05) is 5.92 Å². The van der Waals surface area contributed by atoms with E-state index in [9.17, 15) is 4.79 Å². The minimum absolute atomic E-state index is 0.398.